The van der Waals surface area contributed by atoms with E-state index in [0.717, 1.165) is 0 Å². The summed E-state index contributed by atoms with van der Waals surface area (Å²) in [6.07, 6.45) is 1.40. The van der Waals surface area contributed by atoms with E-state index in [9.17, 15) is 13.2 Å². The minimum Gasteiger partial charge on any atom is -0.465 e. The summed E-state index contributed by atoms with van der Waals surface area (Å²) in [5.41, 5.74) is 0.690. The first-order valence-electron chi connectivity index (χ1n) is 5.63. The Bertz CT molecular complexity index is 719. The lowest BCUT2D eigenvalue weighted by Gasteiger charge is -2.08. The molecular formula is C12H13N3O4S. The molecule has 2 rings (SSSR count). The minimum atomic E-state index is -3.71. The molecule has 0 saturated heterocycles. The number of esters is 1. The van der Waals surface area contributed by atoms with Crippen molar-refractivity contribution in [2.75, 3.05) is 11.8 Å². The highest BCUT2D eigenvalue weighted by Crippen LogP contribution is 2.16. The van der Waals surface area contributed by atoms with Crippen LogP contribution in [0.15, 0.2) is 41.6 Å². The number of aryl methyl sites for hydroxylation is 1. The molecule has 7 nitrogen and oxygen atoms in total. The number of rotatable bonds is 4. The number of hydrogen-bond donors (Lipinski definition) is 1. The number of carbonyl (C=O) groups excluding carboxylic acids is 1. The molecule has 106 valence electrons. The van der Waals surface area contributed by atoms with Crippen molar-refractivity contribution in [3.63, 3.8) is 0 Å². The van der Waals surface area contributed by atoms with Crippen molar-refractivity contribution in [1.82, 2.24) is 9.78 Å². The lowest BCUT2D eigenvalue weighted by molar-refractivity contribution is 0.0601. The number of aromatic nitrogens is 2. The van der Waals surface area contributed by atoms with Gasteiger partial charge in [-0.3, -0.25) is 9.40 Å². The van der Waals surface area contributed by atoms with E-state index in [1.54, 1.807) is 0 Å². The van der Waals surface area contributed by atoms with Gasteiger partial charge in [0.1, 0.15) is 0 Å². The van der Waals surface area contributed by atoms with E-state index in [1.165, 1.54) is 55.4 Å². The lowest BCUT2D eigenvalue weighted by Crippen LogP contribution is -2.16. The maximum Gasteiger partial charge on any atom is 0.337 e. The third-order valence-corrected chi connectivity index (χ3v) is 4.06. The summed E-state index contributed by atoms with van der Waals surface area (Å²) < 4.78 is 32.4. The van der Waals surface area contributed by atoms with E-state index in [4.69, 9.17) is 0 Å². The van der Waals surface area contributed by atoms with Gasteiger partial charge in [0.2, 0.25) is 0 Å². The molecule has 1 aromatic heterocycles. The molecule has 0 fully saturated rings. The van der Waals surface area contributed by atoms with Crippen LogP contribution in [0.4, 0.5) is 5.69 Å². The van der Waals surface area contributed by atoms with Crippen LogP contribution in [-0.4, -0.2) is 31.3 Å². The molecule has 0 radical (unpaired) electrons. The average molecular weight is 295 g/mol. The van der Waals surface area contributed by atoms with E-state index in [1.807, 2.05) is 0 Å². The number of hydrogen-bond acceptors (Lipinski definition) is 5. The Morgan fingerprint density at radius 3 is 2.40 bits per heavy atom. The Morgan fingerprint density at radius 2 is 1.90 bits per heavy atom. The first kappa shape index (κ1) is 14.1. The van der Waals surface area contributed by atoms with Crippen molar-refractivity contribution in [3.8, 4) is 0 Å². The number of ether oxygens (including phenoxy) is 1. The van der Waals surface area contributed by atoms with Gasteiger partial charge < -0.3 is 4.74 Å². The van der Waals surface area contributed by atoms with E-state index < -0.39 is 16.0 Å². The highest BCUT2D eigenvalue weighted by atomic mass is 32.2. The summed E-state index contributed by atoms with van der Waals surface area (Å²) in [6, 6.07) is 7.32. The Labute approximate surface area is 116 Å². The third-order valence-electron chi connectivity index (χ3n) is 2.61. The fourth-order valence-corrected chi connectivity index (χ4v) is 2.81. The number of benzene rings is 1. The summed E-state index contributed by atoms with van der Waals surface area (Å²) in [4.78, 5) is 11.3. The lowest BCUT2D eigenvalue weighted by atomic mass is 10.2. The van der Waals surface area contributed by atoms with Crippen LogP contribution in [0.1, 0.15) is 10.4 Å². The first-order valence-corrected chi connectivity index (χ1v) is 7.11. The molecule has 1 heterocycles. The van der Waals surface area contributed by atoms with Crippen LogP contribution in [-0.2, 0) is 21.8 Å². The number of anilines is 1. The van der Waals surface area contributed by atoms with Crippen molar-refractivity contribution < 1.29 is 17.9 Å². The van der Waals surface area contributed by atoms with Gasteiger partial charge in [0.15, 0.2) is 5.03 Å². The number of methoxy groups -OCH3 is 1. The molecule has 2 aromatic rings. The van der Waals surface area contributed by atoms with E-state index in [-0.39, 0.29) is 5.03 Å². The second kappa shape index (κ2) is 5.33. The summed E-state index contributed by atoms with van der Waals surface area (Å²) in [7, 11) is -0.889. The van der Waals surface area contributed by atoms with Crippen molar-refractivity contribution in [2.45, 2.75) is 5.03 Å². The number of nitrogens with one attached hydrogen (secondary N) is 1. The molecule has 1 aromatic carbocycles. The van der Waals surface area contributed by atoms with Crippen molar-refractivity contribution in [2.24, 2.45) is 7.05 Å². The first-order chi connectivity index (χ1) is 9.44. The maximum absolute atomic E-state index is 12.1. The largest absolute Gasteiger partial charge is 0.465 e. The minimum absolute atomic E-state index is 0.0505. The molecule has 0 aliphatic heterocycles. The fourth-order valence-electron chi connectivity index (χ4n) is 1.63. The van der Waals surface area contributed by atoms with Crippen LogP contribution >= 0.6 is 0 Å². The summed E-state index contributed by atoms with van der Waals surface area (Å²) >= 11 is 0. The van der Waals surface area contributed by atoms with Crippen molar-refractivity contribution in [3.05, 3.63) is 42.1 Å². The van der Waals surface area contributed by atoms with Crippen molar-refractivity contribution in [1.29, 1.82) is 0 Å². The summed E-state index contributed by atoms with van der Waals surface area (Å²) in [5.74, 6) is -0.481. The van der Waals surface area contributed by atoms with E-state index >= 15 is 0 Å². The van der Waals surface area contributed by atoms with Gasteiger partial charge in [-0.2, -0.15) is 13.5 Å². The quantitative estimate of drug-likeness (QED) is 0.850. The molecule has 0 spiro atoms. The van der Waals surface area contributed by atoms with Gasteiger partial charge in [0, 0.05) is 12.7 Å². The second-order valence-corrected chi connectivity index (χ2v) is 5.60. The van der Waals surface area contributed by atoms with E-state index in [0.29, 0.717) is 11.3 Å². The van der Waals surface area contributed by atoms with Gasteiger partial charge in [-0.05, 0) is 30.3 Å². The van der Waals surface area contributed by atoms with Gasteiger partial charge >= 0.3 is 5.97 Å². The standard InChI is InChI=1S/C12H13N3O4S/c1-15-11(7-8-13-15)20(17,18)14-10-5-3-9(4-6-10)12(16)19-2/h3-8,14H,1-2H3. The SMILES string of the molecule is COC(=O)c1ccc(NS(=O)(=O)c2ccnn2C)cc1. The Morgan fingerprint density at radius 1 is 1.25 bits per heavy atom. The molecule has 1 N–H and O–H groups in total. The van der Waals surface area contributed by atoms with Crippen molar-refractivity contribution >= 4 is 21.7 Å². The Balaban J connectivity index is 2.22. The van der Waals surface area contributed by atoms with Crippen LogP contribution in [0, 0.1) is 0 Å². The molecule has 0 aliphatic rings. The number of nitrogens with zero attached hydrogens (tertiary/aromatic N) is 2. The predicted molar refractivity (Wildman–Crippen MR) is 71.8 cm³/mol. The topological polar surface area (TPSA) is 90.3 Å². The highest BCUT2D eigenvalue weighted by Gasteiger charge is 2.18. The predicted octanol–water partition coefficient (Wildman–Crippen LogP) is 1.01. The van der Waals surface area contributed by atoms with Crippen LogP contribution in [0.5, 0.6) is 0 Å². The zero-order valence-electron chi connectivity index (χ0n) is 10.9. The van der Waals surface area contributed by atoms with Gasteiger partial charge in [0.25, 0.3) is 10.0 Å². The molecule has 20 heavy (non-hydrogen) atoms. The van der Waals surface area contributed by atoms with Crippen LogP contribution in [0.2, 0.25) is 0 Å². The molecule has 0 aliphatic carbocycles. The highest BCUT2D eigenvalue weighted by molar-refractivity contribution is 7.92. The fraction of sp³-hybridized carbons (Fsp3) is 0.167. The Hall–Kier alpha value is -2.35. The molecule has 0 atom stereocenters. The number of carbonyl (C=O) groups is 1. The summed E-state index contributed by atoms with van der Waals surface area (Å²) in [5, 5.41) is 3.86. The van der Waals surface area contributed by atoms with Crippen LogP contribution in [0.3, 0.4) is 0 Å². The smallest absolute Gasteiger partial charge is 0.337 e. The molecule has 0 unspecified atom stereocenters. The average Bonchev–Trinajstić information content (AvgIpc) is 2.85. The third kappa shape index (κ3) is 2.80. The van der Waals surface area contributed by atoms with Gasteiger partial charge in [-0.25, -0.2) is 4.79 Å². The monoisotopic (exact) mass is 295 g/mol. The second-order valence-electron chi connectivity index (χ2n) is 3.97. The maximum atomic E-state index is 12.1. The molecule has 0 bridgehead atoms. The van der Waals surface area contributed by atoms with Gasteiger partial charge in [-0.1, -0.05) is 0 Å². The molecule has 0 saturated carbocycles. The van der Waals surface area contributed by atoms with Gasteiger partial charge in [0.05, 0.1) is 18.9 Å². The van der Waals surface area contributed by atoms with Crippen LogP contribution in [0.25, 0.3) is 0 Å². The molecular weight excluding hydrogens is 282 g/mol. The summed E-state index contributed by atoms with van der Waals surface area (Å²) in [6.45, 7) is 0. The normalized spacial score (nSPS) is 11.1. The van der Waals surface area contributed by atoms with Gasteiger partial charge in [-0.15, -0.1) is 0 Å². The zero-order chi connectivity index (χ0) is 14.8. The molecule has 0 amide bonds. The zero-order valence-corrected chi connectivity index (χ0v) is 11.7. The van der Waals surface area contributed by atoms with E-state index in [2.05, 4.69) is 14.6 Å². The Kier molecular flexibility index (Phi) is 3.75. The van der Waals surface area contributed by atoms with Crippen LogP contribution < -0.4 is 4.72 Å². The number of sulfonamides is 1. The molecule has 8 heteroatoms.